The average molecular weight is 287 g/mol. The van der Waals surface area contributed by atoms with Crippen molar-refractivity contribution >= 4 is 27.6 Å². The van der Waals surface area contributed by atoms with Crippen LogP contribution in [0.1, 0.15) is 16.1 Å². The Labute approximate surface area is 109 Å². The molecule has 3 amide bonds. The number of carbonyl (C=O) groups excluding carboxylic acids is 2. The van der Waals surface area contributed by atoms with Crippen LogP contribution in [0.15, 0.2) is 4.90 Å². The molecule has 0 spiro atoms. The molecule has 4 N–H and O–H groups in total. The van der Waals surface area contributed by atoms with E-state index >= 15 is 0 Å². The average Bonchev–Trinajstić information content (AvgIpc) is 2.29. The quantitative estimate of drug-likeness (QED) is 0.653. The normalized spacial score (nSPS) is 10.9. The first-order valence-corrected chi connectivity index (χ1v) is 6.93. The number of sulfone groups is 1. The van der Waals surface area contributed by atoms with Gasteiger partial charge in [-0.25, -0.2) is 13.2 Å². The zero-order valence-electron chi connectivity index (χ0n) is 10.5. The summed E-state index contributed by atoms with van der Waals surface area (Å²) in [6.45, 7) is 1.39. The number of urea groups is 1. The smallest absolute Gasteiger partial charge is 0.320 e. The van der Waals surface area contributed by atoms with E-state index in [4.69, 9.17) is 5.73 Å². The molecule has 1 aromatic rings. The second-order valence-corrected chi connectivity index (χ2v) is 5.64. The summed E-state index contributed by atoms with van der Waals surface area (Å²) in [6, 6.07) is -0.594. The zero-order chi connectivity index (χ0) is 14.8. The Bertz CT molecular complexity index is 640. The van der Waals surface area contributed by atoms with Crippen LogP contribution >= 0.6 is 0 Å². The predicted molar refractivity (Wildman–Crippen MR) is 66.5 cm³/mol. The van der Waals surface area contributed by atoms with Crippen LogP contribution in [-0.2, 0) is 9.84 Å². The molecule has 0 bridgehead atoms. The van der Waals surface area contributed by atoms with E-state index in [2.05, 4.69) is 20.8 Å². The van der Waals surface area contributed by atoms with Crippen molar-refractivity contribution < 1.29 is 18.0 Å². The highest BCUT2D eigenvalue weighted by atomic mass is 32.2. The Balaban J connectivity index is 3.51. The molecule has 19 heavy (non-hydrogen) atoms. The number of anilines is 1. The molecule has 9 nitrogen and oxygen atoms in total. The minimum Gasteiger partial charge on any atom is -0.364 e. The molecular formula is C9H13N5O4S. The summed E-state index contributed by atoms with van der Waals surface area (Å²) in [7, 11) is -2.37. The Hall–Kier alpha value is -2.23. The van der Waals surface area contributed by atoms with Gasteiger partial charge in [0.1, 0.15) is 4.90 Å². The minimum absolute atomic E-state index is 0.0650. The largest absolute Gasteiger partial charge is 0.364 e. The molecule has 1 heterocycles. The second kappa shape index (κ2) is 5.18. The summed E-state index contributed by atoms with van der Waals surface area (Å²) in [5.74, 6) is -1.08. The van der Waals surface area contributed by atoms with Crippen molar-refractivity contribution in [2.75, 3.05) is 18.6 Å². The number of nitrogens with one attached hydrogen (secondary N) is 2. The summed E-state index contributed by atoms with van der Waals surface area (Å²) in [6.07, 6.45) is 0.910. The summed E-state index contributed by atoms with van der Waals surface area (Å²) in [5.41, 5.74) is 4.69. The SMILES string of the molecule is CNC(=O)Nc1nnc(C(N)=O)c(S(C)(=O)=O)c1C. The van der Waals surface area contributed by atoms with Gasteiger partial charge in [-0.1, -0.05) is 0 Å². The van der Waals surface area contributed by atoms with Crippen LogP contribution in [0.2, 0.25) is 0 Å². The number of primary amides is 1. The maximum absolute atomic E-state index is 11.7. The maximum Gasteiger partial charge on any atom is 0.320 e. The topological polar surface area (TPSA) is 144 Å². The Kier molecular flexibility index (Phi) is 4.04. The standard InChI is InChI=1S/C9H13N5O4S/c1-4-6(19(3,17)18)5(7(10)15)13-14-8(4)12-9(16)11-2/h1-3H3,(H2,10,15)(H2,11,12,14,16). The van der Waals surface area contributed by atoms with Crippen LogP contribution in [0, 0.1) is 6.92 Å². The third-order valence-corrected chi connectivity index (χ3v) is 3.47. The predicted octanol–water partition coefficient (Wildman–Crippen LogP) is -0.961. The van der Waals surface area contributed by atoms with Gasteiger partial charge in [0.05, 0.1) is 0 Å². The summed E-state index contributed by atoms with van der Waals surface area (Å²) < 4.78 is 23.4. The molecule has 0 unspecified atom stereocenters. The molecule has 0 aliphatic carbocycles. The summed E-state index contributed by atoms with van der Waals surface area (Å²) in [5, 5.41) is 11.6. The highest BCUT2D eigenvalue weighted by Crippen LogP contribution is 2.23. The lowest BCUT2D eigenvalue weighted by molar-refractivity contribution is 0.0991. The van der Waals surface area contributed by atoms with Crippen molar-refractivity contribution in [3.63, 3.8) is 0 Å². The highest BCUT2D eigenvalue weighted by Gasteiger charge is 2.25. The van der Waals surface area contributed by atoms with Crippen LogP contribution in [0.25, 0.3) is 0 Å². The number of rotatable bonds is 3. The van der Waals surface area contributed by atoms with E-state index in [9.17, 15) is 18.0 Å². The molecule has 0 saturated heterocycles. The Morgan fingerprint density at radius 1 is 1.26 bits per heavy atom. The number of nitrogens with two attached hydrogens (primary N) is 1. The molecule has 0 fully saturated rings. The van der Waals surface area contributed by atoms with E-state index in [0.29, 0.717) is 0 Å². The van der Waals surface area contributed by atoms with E-state index in [1.807, 2.05) is 0 Å². The van der Waals surface area contributed by atoms with Crippen molar-refractivity contribution in [3.8, 4) is 0 Å². The van der Waals surface area contributed by atoms with Gasteiger partial charge in [-0.05, 0) is 6.92 Å². The Morgan fingerprint density at radius 3 is 2.26 bits per heavy atom. The van der Waals surface area contributed by atoms with Gasteiger partial charge in [-0.2, -0.15) is 0 Å². The van der Waals surface area contributed by atoms with Crippen molar-refractivity contribution in [1.82, 2.24) is 15.5 Å². The van der Waals surface area contributed by atoms with Crippen LogP contribution < -0.4 is 16.4 Å². The first-order chi connectivity index (χ1) is 8.68. The Morgan fingerprint density at radius 2 is 1.84 bits per heavy atom. The first kappa shape index (κ1) is 14.8. The molecule has 0 atom stereocenters. The molecule has 0 aliphatic heterocycles. The lowest BCUT2D eigenvalue weighted by Gasteiger charge is -2.11. The van der Waals surface area contributed by atoms with Crippen molar-refractivity contribution in [2.45, 2.75) is 11.8 Å². The fourth-order valence-corrected chi connectivity index (χ4v) is 2.55. The van der Waals surface area contributed by atoms with Gasteiger partial charge in [-0.3, -0.25) is 10.1 Å². The number of hydrogen-bond donors (Lipinski definition) is 3. The summed E-state index contributed by atoms with van der Waals surface area (Å²) in [4.78, 5) is 22.0. The van der Waals surface area contributed by atoms with Gasteiger partial charge in [0.15, 0.2) is 21.3 Å². The van der Waals surface area contributed by atoms with E-state index in [1.54, 1.807) is 0 Å². The van der Waals surface area contributed by atoms with Crippen LogP contribution in [-0.4, -0.2) is 43.9 Å². The number of carbonyl (C=O) groups is 2. The molecule has 1 aromatic heterocycles. The van der Waals surface area contributed by atoms with E-state index in [0.717, 1.165) is 6.26 Å². The lowest BCUT2D eigenvalue weighted by atomic mass is 10.2. The molecule has 0 aromatic carbocycles. The number of amides is 3. The number of hydrogen-bond acceptors (Lipinski definition) is 6. The molecule has 1 rings (SSSR count). The highest BCUT2D eigenvalue weighted by molar-refractivity contribution is 7.90. The minimum atomic E-state index is -3.75. The molecule has 10 heteroatoms. The third-order valence-electron chi connectivity index (χ3n) is 2.22. The second-order valence-electron chi connectivity index (χ2n) is 3.69. The van der Waals surface area contributed by atoms with Crippen LogP contribution in [0.5, 0.6) is 0 Å². The third kappa shape index (κ3) is 3.16. The first-order valence-electron chi connectivity index (χ1n) is 5.04. The monoisotopic (exact) mass is 287 g/mol. The van der Waals surface area contributed by atoms with Crippen molar-refractivity contribution in [1.29, 1.82) is 0 Å². The van der Waals surface area contributed by atoms with E-state index in [1.165, 1.54) is 14.0 Å². The van der Waals surface area contributed by atoms with Gasteiger partial charge in [0.2, 0.25) is 0 Å². The van der Waals surface area contributed by atoms with Crippen molar-refractivity contribution in [3.05, 3.63) is 11.3 Å². The molecule has 0 saturated carbocycles. The fraction of sp³-hybridized carbons (Fsp3) is 0.333. The number of nitrogens with zero attached hydrogens (tertiary/aromatic N) is 2. The van der Waals surface area contributed by atoms with Gasteiger partial charge < -0.3 is 11.1 Å². The lowest BCUT2D eigenvalue weighted by Crippen LogP contribution is -2.27. The van der Waals surface area contributed by atoms with E-state index < -0.39 is 27.5 Å². The zero-order valence-corrected chi connectivity index (χ0v) is 11.3. The van der Waals surface area contributed by atoms with Gasteiger partial charge in [0, 0.05) is 18.9 Å². The number of aromatic nitrogens is 2. The molecule has 0 radical (unpaired) electrons. The molecule has 0 aliphatic rings. The maximum atomic E-state index is 11.7. The van der Waals surface area contributed by atoms with Gasteiger partial charge in [0.25, 0.3) is 5.91 Å². The fourth-order valence-electron chi connectivity index (χ4n) is 1.41. The van der Waals surface area contributed by atoms with Gasteiger partial charge >= 0.3 is 6.03 Å². The molecular weight excluding hydrogens is 274 g/mol. The van der Waals surface area contributed by atoms with Crippen LogP contribution in [0.3, 0.4) is 0 Å². The van der Waals surface area contributed by atoms with E-state index in [-0.39, 0.29) is 16.3 Å². The van der Waals surface area contributed by atoms with Crippen molar-refractivity contribution in [2.24, 2.45) is 5.73 Å². The molecule has 104 valence electrons. The van der Waals surface area contributed by atoms with Crippen LogP contribution in [0.4, 0.5) is 10.6 Å². The van der Waals surface area contributed by atoms with Gasteiger partial charge in [-0.15, -0.1) is 10.2 Å². The summed E-state index contributed by atoms with van der Waals surface area (Å²) >= 11 is 0.